The van der Waals surface area contributed by atoms with Crippen molar-refractivity contribution in [1.29, 1.82) is 0 Å². The third-order valence-electron chi connectivity index (χ3n) is 5.28. The minimum Gasteiger partial charge on any atom is -1.00 e. The van der Waals surface area contributed by atoms with Crippen molar-refractivity contribution >= 4 is 8.70 Å². The summed E-state index contributed by atoms with van der Waals surface area (Å²) in [4.78, 5) is 0. The SMILES string of the molecule is Cc1ccc2c(c1)Cc1c-2ccc(C)[c]1[Zr+2]([C]1=CC=CC1)=[Si](C)C.[Cl-].[Cl-]. The molecule has 0 aliphatic heterocycles. The molecule has 0 radical (unpaired) electrons. The summed E-state index contributed by atoms with van der Waals surface area (Å²) in [6, 6.07) is 11.8. The molecule has 2 aliphatic carbocycles. The molecule has 0 nitrogen and oxygen atoms in total. The molecule has 0 atom stereocenters. The van der Waals surface area contributed by atoms with Crippen LogP contribution in [0.25, 0.3) is 11.1 Å². The normalized spacial score (nSPS) is 13.0. The van der Waals surface area contributed by atoms with Gasteiger partial charge < -0.3 is 24.8 Å². The first-order valence-corrected chi connectivity index (χ1v) is 17.5. The van der Waals surface area contributed by atoms with Crippen molar-refractivity contribution in [2.24, 2.45) is 0 Å². The maximum absolute atomic E-state index is 2.56. The van der Waals surface area contributed by atoms with Crippen LogP contribution < -0.4 is 28.1 Å². The van der Waals surface area contributed by atoms with E-state index in [1.807, 2.05) is 6.55 Å². The first kappa shape index (κ1) is 21.9. The Bertz CT molecular complexity index is 951. The molecule has 0 saturated carbocycles. The summed E-state index contributed by atoms with van der Waals surface area (Å²) < 4.78 is 3.65. The maximum atomic E-state index is 2.56. The summed E-state index contributed by atoms with van der Waals surface area (Å²) in [6.07, 6.45) is 9.48. The van der Waals surface area contributed by atoms with Crippen LogP contribution in [0.3, 0.4) is 0 Å². The van der Waals surface area contributed by atoms with E-state index in [4.69, 9.17) is 0 Å². The minimum absolute atomic E-state index is 0. The minimum atomic E-state index is -1.74. The summed E-state index contributed by atoms with van der Waals surface area (Å²) in [5.41, 5.74) is 8.93. The molecule has 0 fully saturated rings. The van der Waals surface area contributed by atoms with Crippen LogP contribution in [0.4, 0.5) is 0 Å². The monoisotopic (exact) mass is 476 g/mol. The summed E-state index contributed by atoms with van der Waals surface area (Å²) in [6.45, 7) is 9.69. The predicted molar refractivity (Wildman–Crippen MR) is 103 cm³/mol. The summed E-state index contributed by atoms with van der Waals surface area (Å²) in [5.74, 6) is 0. The Labute approximate surface area is 177 Å². The van der Waals surface area contributed by atoms with E-state index in [0.717, 1.165) is 6.42 Å². The van der Waals surface area contributed by atoms with E-state index in [0.29, 0.717) is 0 Å². The van der Waals surface area contributed by atoms with Crippen LogP contribution in [0.2, 0.25) is 13.1 Å². The van der Waals surface area contributed by atoms with Gasteiger partial charge in [0.25, 0.3) is 0 Å². The van der Waals surface area contributed by atoms with Crippen molar-refractivity contribution in [3.05, 3.63) is 74.1 Å². The molecular formula is C22H24Cl2SiZr. The fourth-order valence-corrected chi connectivity index (χ4v) is 21.6. The van der Waals surface area contributed by atoms with E-state index in [2.05, 4.69) is 75.5 Å². The van der Waals surface area contributed by atoms with Gasteiger partial charge in [0, 0.05) is 0 Å². The van der Waals surface area contributed by atoms with Gasteiger partial charge in [-0.3, -0.25) is 0 Å². The Morgan fingerprint density at radius 2 is 1.69 bits per heavy atom. The summed E-state index contributed by atoms with van der Waals surface area (Å²) in [7, 11) is 0. The zero-order valence-corrected chi connectivity index (χ0v) is 20.8. The number of hydrogen-bond acceptors (Lipinski definition) is 0. The van der Waals surface area contributed by atoms with E-state index in [1.165, 1.54) is 23.1 Å². The fraction of sp³-hybridized carbons (Fsp3) is 0.273. The second-order valence-corrected chi connectivity index (χ2v) is 24.3. The molecule has 2 aliphatic rings. The maximum Gasteiger partial charge on any atom is -1.00 e. The largest absolute Gasteiger partial charge is 1.00 e. The van der Waals surface area contributed by atoms with E-state index < -0.39 is 20.4 Å². The van der Waals surface area contributed by atoms with Crippen molar-refractivity contribution in [2.75, 3.05) is 0 Å². The standard InChI is InChI=1S/C15H13.C5H5.C2H6Si.2ClH.Zr/c1-10-3-5-14-12(7-10)9-13-8-11(2)4-6-15(13)14;1-2-4-5-3-1;1-3-2;;;/h3-7H,9H2,1-2H3;1-3H,4H2;1-2H3;2*1H;/q;;;;;+2/p-2. The van der Waals surface area contributed by atoms with E-state index in [1.54, 1.807) is 16.7 Å². The summed E-state index contributed by atoms with van der Waals surface area (Å²) >= 11 is -1.74. The van der Waals surface area contributed by atoms with Crippen LogP contribution >= 0.6 is 0 Å². The molecule has 134 valence electrons. The van der Waals surface area contributed by atoms with Gasteiger partial charge in [-0.2, -0.15) is 0 Å². The molecule has 2 aromatic rings. The molecule has 0 unspecified atom stereocenters. The van der Waals surface area contributed by atoms with Crippen LogP contribution in [0.15, 0.2) is 51.8 Å². The molecule has 2 aromatic carbocycles. The molecule has 0 N–H and O–H groups in total. The van der Waals surface area contributed by atoms with Crippen molar-refractivity contribution in [2.45, 2.75) is 39.8 Å². The Morgan fingerprint density at radius 1 is 0.962 bits per heavy atom. The van der Waals surface area contributed by atoms with Gasteiger partial charge in [0.05, 0.1) is 0 Å². The van der Waals surface area contributed by atoms with Gasteiger partial charge in [-0.25, -0.2) is 0 Å². The van der Waals surface area contributed by atoms with Crippen molar-refractivity contribution in [3.8, 4) is 11.1 Å². The smallest absolute Gasteiger partial charge is 1.00 e. The van der Waals surface area contributed by atoms with Crippen molar-refractivity contribution < 1.29 is 45.2 Å². The summed E-state index contributed by atoms with van der Waals surface area (Å²) in [5, 5.41) is 0. The first-order chi connectivity index (χ1) is 11.6. The third kappa shape index (κ3) is 3.76. The number of allylic oxidation sites excluding steroid dienone is 4. The molecule has 0 saturated heterocycles. The molecule has 4 heteroatoms. The average Bonchev–Trinajstić information content (AvgIpc) is 3.16. The number of halogens is 2. The third-order valence-corrected chi connectivity index (χ3v) is 22.5. The molecule has 0 aromatic heterocycles. The number of aryl methyl sites for hydroxylation is 2. The molecule has 0 spiro atoms. The van der Waals surface area contributed by atoms with Gasteiger partial charge in [0.15, 0.2) is 0 Å². The first-order valence-electron chi connectivity index (χ1n) is 8.82. The zero-order chi connectivity index (χ0) is 16.8. The topological polar surface area (TPSA) is 0 Å². The predicted octanol–water partition coefficient (Wildman–Crippen LogP) is -0.779. The Kier molecular flexibility index (Phi) is 7.36. The molecule has 0 amide bonds. The van der Waals surface area contributed by atoms with Crippen LogP contribution in [0.1, 0.15) is 28.7 Å². The number of rotatable bonds is 2. The van der Waals surface area contributed by atoms with Gasteiger partial charge >= 0.3 is 154 Å². The second kappa shape index (κ2) is 8.74. The van der Waals surface area contributed by atoms with Crippen molar-refractivity contribution in [1.82, 2.24) is 0 Å². The number of hydrogen-bond donors (Lipinski definition) is 0. The average molecular weight is 479 g/mol. The zero-order valence-electron chi connectivity index (χ0n) is 15.8. The quantitative estimate of drug-likeness (QED) is 0.424. The van der Waals surface area contributed by atoms with Gasteiger partial charge in [-0.15, -0.1) is 0 Å². The van der Waals surface area contributed by atoms with Gasteiger partial charge in [-0.1, -0.05) is 0 Å². The second-order valence-electron chi connectivity index (χ2n) is 7.32. The van der Waals surface area contributed by atoms with E-state index in [9.17, 15) is 0 Å². The molecule has 0 heterocycles. The fourth-order valence-electron chi connectivity index (χ4n) is 4.24. The van der Waals surface area contributed by atoms with E-state index >= 15 is 0 Å². The van der Waals surface area contributed by atoms with Gasteiger partial charge in [0.1, 0.15) is 0 Å². The molecule has 4 rings (SSSR count). The van der Waals surface area contributed by atoms with E-state index in [-0.39, 0.29) is 30.2 Å². The van der Waals surface area contributed by atoms with Crippen LogP contribution in [0, 0.1) is 13.8 Å². The van der Waals surface area contributed by atoms with Crippen LogP contribution in [-0.2, 0) is 26.8 Å². The Morgan fingerprint density at radius 3 is 2.35 bits per heavy atom. The number of fused-ring (bicyclic) bond motifs is 3. The molecular weight excluding hydrogens is 454 g/mol. The molecule has 0 bridgehead atoms. The van der Waals surface area contributed by atoms with Gasteiger partial charge in [-0.05, 0) is 0 Å². The van der Waals surface area contributed by atoms with Crippen LogP contribution in [0.5, 0.6) is 0 Å². The number of benzene rings is 2. The Balaban J connectivity index is 0.00000121. The van der Waals surface area contributed by atoms with Crippen molar-refractivity contribution in [3.63, 3.8) is 0 Å². The molecule has 26 heavy (non-hydrogen) atoms. The van der Waals surface area contributed by atoms with Crippen LogP contribution in [-0.4, -0.2) is 5.43 Å². The Hall–Kier alpha value is -0.400. The van der Waals surface area contributed by atoms with Gasteiger partial charge in [0.2, 0.25) is 0 Å².